The summed E-state index contributed by atoms with van der Waals surface area (Å²) in [5.74, 6) is 0.456. The Bertz CT molecular complexity index is 490. The van der Waals surface area contributed by atoms with Crippen LogP contribution in [0.1, 0.15) is 5.56 Å². The van der Waals surface area contributed by atoms with Gasteiger partial charge in [-0.15, -0.1) is 0 Å². The first-order valence-corrected chi connectivity index (χ1v) is 6.56. The van der Waals surface area contributed by atoms with Gasteiger partial charge in [-0.25, -0.2) is 0 Å². The molecule has 1 heterocycles. The molecular formula is C12H14N2O3S. The topological polar surface area (TPSA) is 69.6 Å². The van der Waals surface area contributed by atoms with E-state index in [-0.39, 0.29) is 23.4 Å². The average Bonchev–Trinajstić information content (AvgIpc) is 2.69. The van der Waals surface area contributed by atoms with Crippen molar-refractivity contribution in [3.05, 3.63) is 23.8 Å². The van der Waals surface area contributed by atoms with Crippen molar-refractivity contribution < 1.29 is 14.7 Å². The minimum atomic E-state index is -0.301. The van der Waals surface area contributed by atoms with Gasteiger partial charge in [0, 0.05) is 12.3 Å². The maximum Gasteiger partial charge on any atom is 0.282 e. The third kappa shape index (κ3) is 2.95. The number of carbonyl (C=O) groups excluding carboxylic acids is 2. The van der Waals surface area contributed by atoms with Gasteiger partial charge < -0.3 is 15.3 Å². The Morgan fingerprint density at radius 3 is 2.94 bits per heavy atom. The summed E-state index contributed by atoms with van der Waals surface area (Å²) >= 11 is 1.22. The summed E-state index contributed by atoms with van der Waals surface area (Å²) in [6.07, 6.45) is 0. The number of nitrogens with zero attached hydrogens (tertiary/aromatic N) is 1. The van der Waals surface area contributed by atoms with Crippen molar-refractivity contribution in [3.8, 4) is 5.75 Å². The zero-order chi connectivity index (χ0) is 13.1. The van der Waals surface area contributed by atoms with Gasteiger partial charge in [0.1, 0.15) is 12.3 Å². The SMILES string of the molecule is Cc1ccc(NC(=O)CN2CCSC2=O)c(O)c1. The van der Waals surface area contributed by atoms with Crippen LogP contribution in [0.5, 0.6) is 5.75 Å². The van der Waals surface area contributed by atoms with Crippen LogP contribution >= 0.6 is 11.8 Å². The maximum absolute atomic E-state index is 11.7. The van der Waals surface area contributed by atoms with Crippen LogP contribution in [0.25, 0.3) is 0 Å². The maximum atomic E-state index is 11.7. The number of benzene rings is 1. The molecule has 0 unspecified atom stereocenters. The summed E-state index contributed by atoms with van der Waals surface area (Å²) in [4.78, 5) is 24.6. The molecule has 0 aromatic heterocycles. The molecule has 0 radical (unpaired) electrons. The number of phenols is 1. The molecule has 1 aromatic carbocycles. The molecule has 1 aliphatic heterocycles. The second kappa shape index (κ2) is 5.30. The van der Waals surface area contributed by atoms with Crippen molar-refractivity contribution in [2.45, 2.75) is 6.92 Å². The third-order valence-corrected chi connectivity index (χ3v) is 3.50. The number of carbonyl (C=O) groups is 2. The summed E-state index contributed by atoms with van der Waals surface area (Å²) in [6.45, 7) is 2.47. The molecule has 2 rings (SSSR count). The highest BCUT2D eigenvalue weighted by atomic mass is 32.2. The van der Waals surface area contributed by atoms with Gasteiger partial charge in [0.05, 0.1) is 5.69 Å². The predicted molar refractivity (Wildman–Crippen MR) is 70.9 cm³/mol. The van der Waals surface area contributed by atoms with Crippen LogP contribution < -0.4 is 5.32 Å². The Balaban J connectivity index is 1.96. The van der Waals surface area contributed by atoms with Gasteiger partial charge in [0.15, 0.2) is 0 Å². The number of aryl methyl sites for hydroxylation is 1. The first kappa shape index (κ1) is 12.8. The summed E-state index contributed by atoms with van der Waals surface area (Å²) in [5, 5.41) is 12.2. The van der Waals surface area contributed by atoms with E-state index in [0.717, 1.165) is 11.3 Å². The molecule has 0 aliphatic carbocycles. The highest BCUT2D eigenvalue weighted by molar-refractivity contribution is 8.13. The van der Waals surface area contributed by atoms with Crippen LogP contribution in [0.15, 0.2) is 18.2 Å². The molecule has 96 valence electrons. The number of phenolic OH excluding ortho intramolecular Hbond substituents is 1. The molecule has 0 atom stereocenters. The molecule has 0 saturated carbocycles. The lowest BCUT2D eigenvalue weighted by Gasteiger charge is -2.14. The first-order valence-electron chi connectivity index (χ1n) is 5.57. The second-order valence-corrected chi connectivity index (χ2v) is 5.15. The van der Waals surface area contributed by atoms with Crippen molar-refractivity contribution in [1.29, 1.82) is 0 Å². The van der Waals surface area contributed by atoms with Gasteiger partial charge in [0.25, 0.3) is 5.24 Å². The van der Waals surface area contributed by atoms with Crippen molar-refractivity contribution in [3.63, 3.8) is 0 Å². The van der Waals surface area contributed by atoms with Crippen LogP contribution in [-0.4, -0.2) is 40.0 Å². The van der Waals surface area contributed by atoms with Crippen LogP contribution in [0.2, 0.25) is 0 Å². The molecule has 0 spiro atoms. The fraction of sp³-hybridized carbons (Fsp3) is 0.333. The van der Waals surface area contributed by atoms with E-state index in [2.05, 4.69) is 5.32 Å². The van der Waals surface area contributed by atoms with E-state index in [4.69, 9.17) is 0 Å². The number of amides is 2. The van der Waals surface area contributed by atoms with Crippen LogP contribution in [0.3, 0.4) is 0 Å². The largest absolute Gasteiger partial charge is 0.506 e. The zero-order valence-electron chi connectivity index (χ0n) is 9.97. The molecule has 1 saturated heterocycles. The number of aromatic hydroxyl groups is 1. The fourth-order valence-corrected chi connectivity index (χ4v) is 2.50. The summed E-state index contributed by atoms with van der Waals surface area (Å²) in [7, 11) is 0. The number of nitrogens with one attached hydrogen (secondary N) is 1. The second-order valence-electron chi connectivity index (χ2n) is 4.10. The van der Waals surface area contributed by atoms with Crippen molar-refractivity contribution >= 4 is 28.6 Å². The van der Waals surface area contributed by atoms with Crippen molar-refractivity contribution in [2.24, 2.45) is 0 Å². The minimum absolute atomic E-state index is 0.0269. The van der Waals surface area contributed by atoms with Gasteiger partial charge in [-0.2, -0.15) is 0 Å². The van der Waals surface area contributed by atoms with Gasteiger partial charge in [-0.1, -0.05) is 17.8 Å². The van der Waals surface area contributed by atoms with Crippen LogP contribution in [-0.2, 0) is 4.79 Å². The Morgan fingerprint density at radius 1 is 1.56 bits per heavy atom. The Hall–Kier alpha value is -1.69. The molecular weight excluding hydrogens is 252 g/mol. The Kier molecular flexibility index (Phi) is 3.76. The average molecular weight is 266 g/mol. The number of hydrogen-bond donors (Lipinski definition) is 2. The monoisotopic (exact) mass is 266 g/mol. The summed E-state index contributed by atoms with van der Waals surface area (Å²) < 4.78 is 0. The lowest BCUT2D eigenvalue weighted by atomic mass is 10.2. The highest BCUT2D eigenvalue weighted by Gasteiger charge is 2.23. The van der Waals surface area contributed by atoms with Crippen molar-refractivity contribution in [1.82, 2.24) is 4.90 Å². The smallest absolute Gasteiger partial charge is 0.282 e. The van der Waals surface area contributed by atoms with E-state index < -0.39 is 0 Å². The third-order valence-electron chi connectivity index (χ3n) is 2.61. The molecule has 2 amide bonds. The number of hydrogen-bond acceptors (Lipinski definition) is 4. The molecule has 18 heavy (non-hydrogen) atoms. The van der Waals surface area contributed by atoms with E-state index in [1.807, 2.05) is 6.92 Å². The van der Waals surface area contributed by atoms with E-state index in [1.54, 1.807) is 18.2 Å². The quantitative estimate of drug-likeness (QED) is 0.819. The molecule has 5 nitrogen and oxygen atoms in total. The highest BCUT2D eigenvalue weighted by Crippen LogP contribution is 2.24. The standard InChI is InChI=1S/C12H14N2O3S/c1-8-2-3-9(10(15)6-8)13-11(16)7-14-4-5-18-12(14)17/h2-3,6,15H,4-5,7H2,1H3,(H,13,16). The van der Waals surface area contributed by atoms with E-state index in [1.165, 1.54) is 16.7 Å². The summed E-state index contributed by atoms with van der Waals surface area (Å²) in [6, 6.07) is 5.02. The molecule has 6 heteroatoms. The number of anilines is 1. The molecule has 1 aliphatic rings. The van der Waals surface area contributed by atoms with E-state index >= 15 is 0 Å². The Morgan fingerprint density at radius 2 is 2.33 bits per heavy atom. The lowest BCUT2D eigenvalue weighted by Crippen LogP contribution is -2.33. The first-order chi connectivity index (χ1) is 8.56. The minimum Gasteiger partial charge on any atom is -0.506 e. The van der Waals surface area contributed by atoms with Gasteiger partial charge >= 0.3 is 0 Å². The number of rotatable bonds is 3. The molecule has 0 bridgehead atoms. The lowest BCUT2D eigenvalue weighted by molar-refractivity contribution is -0.116. The normalized spacial score (nSPS) is 14.9. The van der Waals surface area contributed by atoms with Gasteiger partial charge in [-0.05, 0) is 24.6 Å². The predicted octanol–water partition coefficient (Wildman–Crippen LogP) is 1.81. The Labute approximate surface area is 109 Å². The zero-order valence-corrected chi connectivity index (χ0v) is 10.8. The van der Waals surface area contributed by atoms with Crippen molar-refractivity contribution in [2.75, 3.05) is 24.2 Å². The van der Waals surface area contributed by atoms with Gasteiger partial charge in [-0.3, -0.25) is 9.59 Å². The fourth-order valence-electron chi connectivity index (χ4n) is 1.68. The number of thioether (sulfide) groups is 1. The molecule has 2 N–H and O–H groups in total. The van der Waals surface area contributed by atoms with Crippen LogP contribution in [0, 0.1) is 6.92 Å². The summed E-state index contributed by atoms with van der Waals surface area (Å²) in [5.41, 5.74) is 1.28. The van der Waals surface area contributed by atoms with E-state index in [9.17, 15) is 14.7 Å². The van der Waals surface area contributed by atoms with Gasteiger partial charge in [0.2, 0.25) is 5.91 Å². The van der Waals surface area contributed by atoms with E-state index in [0.29, 0.717) is 12.2 Å². The molecule has 1 fully saturated rings. The van der Waals surface area contributed by atoms with Crippen LogP contribution in [0.4, 0.5) is 10.5 Å². The molecule has 1 aromatic rings.